The van der Waals surface area contributed by atoms with E-state index in [-0.39, 0.29) is 5.41 Å². The average Bonchev–Trinajstić information content (AvgIpc) is 2.57. The number of anilines is 2. The van der Waals surface area contributed by atoms with Crippen molar-refractivity contribution in [1.29, 1.82) is 0 Å². The van der Waals surface area contributed by atoms with Crippen molar-refractivity contribution in [2.24, 2.45) is 11.3 Å². The minimum Gasteiger partial charge on any atom is -0.384 e. The third-order valence-electron chi connectivity index (χ3n) is 4.96. The number of benzene rings is 1. The molecule has 0 radical (unpaired) electrons. The Bertz CT molecular complexity index is 500. The first-order valence-corrected chi connectivity index (χ1v) is 8.70. The van der Waals surface area contributed by atoms with Gasteiger partial charge in [0.1, 0.15) is 6.17 Å². The molecule has 1 saturated heterocycles. The maximum absolute atomic E-state index is 13.2. The molecule has 0 unspecified atom stereocenters. The summed E-state index contributed by atoms with van der Waals surface area (Å²) in [5.74, 6) is 5.27. The number of nitrogens with two attached hydrogens (primary N) is 1. The van der Waals surface area contributed by atoms with Crippen LogP contribution in [-0.4, -0.2) is 38.5 Å². The Labute approximate surface area is 142 Å². The molecular weight excluding hydrogens is 309 g/mol. The van der Waals surface area contributed by atoms with Gasteiger partial charge in [-0.05, 0) is 49.9 Å². The summed E-state index contributed by atoms with van der Waals surface area (Å²) < 4.78 is 18.5. The van der Waals surface area contributed by atoms with Crippen LogP contribution < -0.4 is 27.4 Å². The molecule has 2 aliphatic rings. The van der Waals surface area contributed by atoms with E-state index in [0.717, 1.165) is 50.5 Å². The van der Waals surface area contributed by atoms with Crippen LogP contribution in [0.2, 0.25) is 0 Å². The number of hydrogen-bond acceptors (Lipinski definition) is 6. The first-order valence-electron chi connectivity index (χ1n) is 8.70. The van der Waals surface area contributed by atoms with Crippen molar-refractivity contribution in [1.82, 2.24) is 11.0 Å². The van der Waals surface area contributed by atoms with Crippen molar-refractivity contribution < 1.29 is 9.13 Å². The van der Waals surface area contributed by atoms with Crippen LogP contribution >= 0.6 is 0 Å². The van der Waals surface area contributed by atoms with Gasteiger partial charge >= 0.3 is 0 Å². The quantitative estimate of drug-likeness (QED) is 0.367. The molecule has 7 heteroatoms. The number of nitrogens with one attached hydrogen (secondary N) is 4. The van der Waals surface area contributed by atoms with Crippen LogP contribution in [0.5, 0.6) is 0 Å². The molecule has 1 aliphatic heterocycles. The van der Waals surface area contributed by atoms with Gasteiger partial charge in [0.25, 0.3) is 0 Å². The van der Waals surface area contributed by atoms with E-state index in [1.54, 1.807) is 0 Å². The lowest BCUT2D eigenvalue weighted by atomic mass is 9.86. The molecule has 0 amide bonds. The third-order valence-corrected chi connectivity index (χ3v) is 4.96. The first-order chi connectivity index (χ1) is 11.7. The smallest absolute Gasteiger partial charge is 0.100 e. The molecule has 3 rings (SSSR count). The van der Waals surface area contributed by atoms with Gasteiger partial charge < -0.3 is 15.4 Å². The predicted octanol–water partition coefficient (Wildman–Crippen LogP) is 1.78. The minimum absolute atomic E-state index is 0.0777. The van der Waals surface area contributed by atoms with E-state index >= 15 is 0 Å². The van der Waals surface area contributed by atoms with Gasteiger partial charge in [0.15, 0.2) is 0 Å². The molecule has 0 spiro atoms. The van der Waals surface area contributed by atoms with Gasteiger partial charge in [0, 0.05) is 35.9 Å². The van der Waals surface area contributed by atoms with Crippen LogP contribution in [0.3, 0.4) is 0 Å². The zero-order valence-corrected chi connectivity index (χ0v) is 14.0. The van der Waals surface area contributed by atoms with Gasteiger partial charge in [0.2, 0.25) is 0 Å². The molecule has 1 aromatic carbocycles. The number of rotatable bonds is 8. The lowest BCUT2D eigenvalue weighted by Gasteiger charge is -2.41. The molecule has 1 saturated carbocycles. The Balaban J connectivity index is 1.46. The summed E-state index contributed by atoms with van der Waals surface area (Å²) in [5.41, 5.74) is 7.69. The highest BCUT2D eigenvalue weighted by atomic mass is 19.1. The number of halogens is 1. The molecule has 1 aliphatic carbocycles. The Kier molecular flexibility index (Phi) is 5.89. The molecule has 6 N–H and O–H groups in total. The molecule has 24 heavy (non-hydrogen) atoms. The second kappa shape index (κ2) is 8.11. The van der Waals surface area contributed by atoms with Crippen molar-refractivity contribution in [3.63, 3.8) is 0 Å². The fourth-order valence-electron chi connectivity index (χ4n) is 3.30. The normalized spacial score (nSPS) is 25.8. The van der Waals surface area contributed by atoms with E-state index in [1.165, 1.54) is 0 Å². The highest BCUT2D eigenvalue weighted by molar-refractivity contribution is 5.54. The van der Waals surface area contributed by atoms with Crippen LogP contribution in [0.1, 0.15) is 25.7 Å². The maximum atomic E-state index is 13.2. The zero-order chi connectivity index (χ0) is 16.8. The molecule has 0 atom stereocenters. The van der Waals surface area contributed by atoms with Crippen LogP contribution in [-0.2, 0) is 4.74 Å². The van der Waals surface area contributed by atoms with Gasteiger partial charge in [-0.15, -0.1) is 0 Å². The van der Waals surface area contributed by atoms with Crippen molar-refractivity contribution >= 4 is 11.4 Å². The largest absolute Gasteiger partial charge is 0.384 e. The second-order valence-corrected chi connectivity index (χ2v) is 7.01. The second-order valence-electron chi connectivity index (χ2n) is 7.01. The Hall–Kier alpha value is -1.41. The van der Waals surface area contributed by atoms with E-state index in [0.29, 0.717) is 18.9 Å². The van der Waals surface area contributed by atoms with E-state index in [1.807, 2.05) is 0 Å². The van der Waals surface area contributed by atoms with Gasteiger partial charge in [-0.1, -0.05) is 0 Å². The fourth-order valence-corrected chi connectivity index (χ4v) is 3.30. The summed E-state index contributed by atoms with van der Waals surface area (Å²) in [6.07, 6.45) is 2.55. The third kappa shape index (κ3) is 4.57. The van der Waals surface area contributed by atoms with Gasteiger partial charge in [-0.25, -0.2) is 9.82 Å². The van der Waals surface area contributed by atoms with Crippen LogP contribution in [0.15, 0.2) is 24.3 Å². The van der Waals surface area contributed by atoms with E-state index in [9.17, 15) is 4.39 Å². The highest BCUT2D eigenvalue weighted by Gasteiger charge is 2.38. The van der Waals surface area contributed by atoms with Gasteiger partial charge in [-0.2, -0.15) is 5.53 Å². The highest BCUT2D eigenvalue weighted by Crippen LogP contribution is 2.28. The first kappa shape index (κ1) is 17.4. The summed E-state index contributed by atoms with van der Waals surface area (Å²) in [4.78, 5) is 0. The zero-order valence-electron chi connectivity index (χ0n) is 14.0. The Morgan fingerprint density at radius 2 is 1.71 bits per heavy atom. The van der Waals surface area contributed by atoms with Gasteiger partial charge in [-0.3, -0.25) is 5.84 Å². The van der Waals surface area contributed by atoms with Crippen molar-refractivity contribution in [2.45, 2.75) is 37.9 Å². The number of ether oxygens (including phenoxy) is 1. The summed E-state index contributed by atoms with van der Waals surface area (Å²) >= 11 is 0. The molecule has 0 aromatic heterocycles. The predicted molar refractivity (Wildman–Crippen MR) is 94.3 cm³/mol. The summed E-state index contributed by atoms with van der Waals surface area (Å²) in [6.45, 7) is 3.04. The lowest BCUT2D eigenvalue weighted by molar-refractivity contribution is -0.103. The summed E-state index contributed by atoms with van der Waals surface area (Å²) in [5, 5.41) is 6.97. The van der Waals surface area contributed by atoms with Gasteiger partial charge in [0.05, 0.1) is 13.2 Å². The maximum Gasteiger partial charge on any atom is 0.100 e. The number of alkyl halides is 1. The minimum atomic E-state index is -0.610. The summed E-state index contributed by atoms with van der Waals surface area (Å²) in [6, 6.07) is 8.69. The van der Waals surface area contributed by atoms with E-state index in [2.05, 4.69) is 45.9 Å². The molecule has 6 nitrogen and oxygen atoms in total. The summed E-state index contributed by atoms with van der Waals surface area (Å²) in [7, 11) is 0. The Morgan fingerprint density at radius 3 is 2.29 bits per heavy atom. The SMILES string of the molecule is NNNCC1(CNc2ccc(NC3CCC(F)CC3)cc2)COC1. The molecule has 134 valence electrons. The van der Waals surface area contributed by atoms with Crippen molar-refractivity contribution in [3.05, 3.63) is 24.3 Å². The Morgan fingerprint density at radius 1 is 1.04 bits per heavy atom. The fraction of sp³-hybridized carbons (Fsp3) is 0.647. The van der Waals surface area contributed by atoms with Crippen molar-refractivity contribution in [3.8, 4) is 0 Å². The molecule has 0 bridgehead atoms. The standard InChI is InChI=1S/C17H28FN5O/c18-13-1-3-15(4-2-13)22-16-7-5-14(6-8-16)20-9-17(10-21-23-19)11-24-12-17/h5-8,13,15,20-23H,1-4,9-12,19H2. The molecular formula is C17H28FN5O. The topological polar surface area (TPSA) is 83.4 Å². The lowest BCUT2D eigenvalue weighted by Crippen LogP contribution is -2.57. The molecule has 1 heterocycles. The molecule has 1 aromatic rings. The van der Waals surface area contributed by atoms with E-state index in [4.69, 9.17) is 10.6 Å². The van der Waals surface area contributed by atoms with Crippen molar-refractivity contribution in [2.75, 3.05) is 36.9 Å². The van der Waals surface area contributed by atoms with Crippen LogP contribution in [0.25, 0.3) is 0 Å². The van der Waals surface area contributed by atoms with Crippen LogP contribution in [0.4, 0.5) is 15.8 Å². The monoisotopic (exact) mass is 337 g/mol. The van der Waals surface area contributed by atoms with Crippen LogP contribution in [0, 0.1) is 5.41 Å². The molecule has 2 fully saturated rings. The number of hydrogen-bond donors (Lipinski definition) is 5. The van der Waals surface area contributed by atoms with E-state index < -0.39 is 6.17 Å². The number of hydrazine groups is 2. The average molecular weight is 337 g/mol.